The topological polar surface area (TPSA) is 117 Å². The van der Waals surface area contributed by atoms with Crippen LogP contribution in [0.4, 0.5) is 17.1 Å². The first-order chi connectivity index (χ1) is 15.8. The molecule has 2 aromatic rings. The Balaban J connectivity index is 1.62. The molecule has 3 rings (SSSR count). The molecule has 1 aliphatic heterocycles. The molecular weight excluding hydrogens is 444 g/mol. The van der Waals surface area contributed by atoms with Crippen molar-refractivity contribution in [3.05, 3.63) is 48.0 Å². The number of carbonyl (C=O) groups is 2. The van der Waals surface area contributed by atoms with E-state index in [9.17, 15) is 18.0 Å². The second kappa shape index (κ2) is 11.3. The van der Waals surface area contributed by atoms with Crippen LogP contribution in [0.15, 0.2) is 47.4 Å². The van der Waals surface area contributed by atoms with Crippen molar-refractivity contribution in [3.8, 4) is 0 Å². The van der Waals surface area contributed by atoms with Crippen molar-refractivity contribution < 1.29 is 22.7 Å². The third kappa shape index (κ3) is 6.53. The molecule has 1 heterocycles. The lowest BCUT2D eigenvalue weighted by Gasteiger charge is -2.26. The van der Waals surface area contributed by atoms with Gasteiger partial charge in [-0.1, -0.05) is 19.1 Å². The Labute approximate surface area is 194 Å². The molecule has 33 heavy (non-hydrogen) atoms. The van der Waals surface area contributed by atoms with Crippen molar-refractivity contribution in [3.63, 3.8) is 0 Å². The summed E-state index contributed by atoms with van der Waals surface area (Å²) in [6.45, 7) is 5.13. The van der Waals surface area contributed by atoms with Gasteiger partial charge >= 0.3 is 0 Å². The minimum Gasteiger partial charge on any atom is -0.379 e. The van der Waals surface area contributed by atoms with E-state index >= 15 is 0 Å². The van der Waals surface area contributed by atoms with Gasteiger partial charge in [0.1, 0.15) is 0 Å². The molecule has 9 nitrogen and oxygen atoms in total. The number of nitrogens with zero attached hydrogens (tertiary/aromatic N) is 1. The van der Waals surface area contributed by atoms with E-state index in [0.29, 0.717) is 44.1 Å². The summed E-state index contributed by atoms with van der Waals surface area (Å²) < 4.78 is 32.3. The number of amides is 2. The molecule has 1 aliphatic rings. The molecule has 0 bridgehead atoms. The number of nitrogens with one attached hydrogen (secondary N) is 3. The molecule has 0 aromatic heterocycles. The van der Waals surface area contributed by atoms with Gasteiger partial charge in [-0.3, -0.25) is 9.59 Å². The SMILES string of the molecule is CCCC(=O)Nc1cccc(NCC(=O)Nc2cccc(S(=O)(=O)N3CCOCC3)c2)c1C. The van der Waals surface area contributed by atoms with Gasteiger partial charge in [0.2, 0.25) is 21.8 Å². The van der Waals surface area contributed by atoms with Crippen molar-refractivity contribution in [1.29, 1.82) is 0 Å². The van der Waals surface area contributed by atoms with Gasteiger partial charge in [-0.2, -0.15) is 4.31 Å². The van der Waals surface area contributed by atoms with E-state index < -0.39 is 10.0 Å². The lowest BCUT2D eigenvalue weighted by atomic mass is 10.1. The summed E-state index contributed by atoms with van der Waals surface area (Å²) >= 11 is 0. The summed E-state index contributed by atoms with van der Waals surface area (Å²) in [4.78, 5) is 24.5. The molecule has 1 saturated heterocycles. The highest BCUT2D eigenvalue weighted by Gasteiger charge is 2.26. The van der Waals surface area contributed by atoms with Crippen LogP contribution in [-0.4, -0.2) is 57.4 Å². The Morgan fingerprint density at radius 2 is 1.70 bits per heavy atom. The molecule has 0 spiro atoms. The summed E-state index contributed by atoms with van der Waals surface area (Å²) in [5, 5.41) is 8.68. The van der Waals surface area contributed by atoms with E-state index in [-0.39, 0.29) is 23.3 Å². The number of sulfonamides is 1. The second-order valence-corrected chi connectivity index (χ2v) is 9.66. The van der Waals surface area contributed by atoms with Gasteiger partial charge in [0.05, 0.1) is 24.7 Å². The Kier molecular flexibility index (Phi) is 8.43. The Hall–Kier alpha value is -2.95. The smallest absolute Gasteiger partial charge is 0.243 e. The van der Waals surface area contributed by atoms with Crippen molar-refractivity contribution in [2.75, 3.05) is 48.8 Å². The largest absolute Gasteiger partial charge is 0.379 e. The number of morpholine rings is 1. The zero-order valence-corrected chi connectivity index (χ0v) is 19.7. The predicted octanol–water partition coefficient (Wildman–Crippen LogP) is 2.81. The van der Waals surface area contributed by atoms with E-state index in [0.717, 1.165) is 17.7 Å². The highest BCUT2D eigenvalue weighted by molar-refractivity contribution is 7.89. The van der Waals surface area contributed by atoms with Crippen LogP contribution in [-0.2, 0) is 24.3 Å². The number of hydrogen-bond acceptors (Lipinski definition) is 6. The van der Waals surface area contributed by atoms with Gasteiger partial charge in [-0.25, -0.2) is 8.42 Å². The van der Waals surface area contributed by atoms with E-state index in [1.54, 1.807) is 18.2 Å². The number of benzene rings is 2. The average Bonchev–Trinajstić information content (AvgIpc) is 2.80. The second-order valence-electron chi connectivity index (χ2n) is 7.72. The zero-order valence-electron chi connectivity index (χ0n) is 18.9. The zero-order chi connectivity index (χ0) is 23.8. The first-order valence-corrected chi connectivity index (χ1v) is 12.4. The first kappa shape index (κ1) is 24.7. The minimum atomic E-state index is -3.65. The van der Waals surface area contributed by atoms with Crippen LogP contribution >= 0.6 is 0 Å². The van der Waals surface area contributed by atoms with E-state index in [1.165, 1.54) is 16.4 Å². The summed E-state index contributed by atoms with van der Waals surface area (Å²) in [6.07, 6.45) is 1.21. The number of anilines is 3. The minimum absolute atomic E-state index is 0.0202. The fraction of sp³-hybridized carbons (Fsp3) is 0.391. The van der Waals surface area contributed by atoms with Crippen LogP contribution in [0.5, 0.6) is 0 Å². The van der Waals surface area contributed by atoms with Crippen LogP contribution in [0.25, 0.3) is 0 Å². The fourth-order valence-electron chi connectivity index (χ4n) is 3.45. The molecule has 0 saturated carbocycles. The van der Waals surface area contributed by atoms with E-state index in [2.05, 4.69) is 16.0 Å². The standard InChI is InChI=1S/C23H30N4O5S/c1-3-6-22(28)26-21-10-5-9-20(17(21)2)24-16-23(29)25-18-7-4-8-19(15-18)33(30,31)27-11-13-32-14-12-27/h4-5,7-10,15,24H,3,6,11-14,16H2,1-2H3,(H,25,29)(H,26,28). The highest BCUT2D eigenvalue weighted by Crippen LogP contribution is 2.24. The first-order valence-electron chi connectivity index (χ1n) is 10.9. The van der Waals surface area contributed by atoms with Crippen LogP contribution in [0.1, 0.15) is 25.3 Å². The van der Waals surface area contributed by atoms with Crippen molar-refractivity contribution in [2.45, 2.75) is 31.6 Å². The average molecular weight is 475 g/mol. The third-order valence-electron chi connectivity index (χ3n) is 5.25. The summed E-state index contributed by atoms with van der Waals surface area (Å²) in [5.41, 5.74) is 2.64. The quantitative estimate of drug-likeness (QED) is 0.515. The van der Waals surface area contributed by atoms with Crippen molar-refractivity contribution in [2.24, 2.45) is 0 Å². The van der Waals surface area contributed by atoms with Gasteiger partial charge < -0.3 is 20.7 Å². The maximum absolute atomic E-state index is 12.8. The van der Waals surface area contributed by atoms with E-state index in [4.69, 9.17) is 4.74 Å². The molecule has 0 atom stereocenters. The Bertz CT molecular complexity index is 1100. The monoisotopic (exact) mass is 474 g/mol. The normalized spacial score (nSPS) is 14.5. The lowest BCUT2D eigenvalue weighted by Crippen LogP contribution is -2.40. The van der Waals surface area contributed by atoms with Gasteiger partial charge in [0.15, 0.2) is 0 Å². The van der Waals surface area contributed by atoms with Crippen LogP contribution in [0, 0.1) is 6.92 Å². The molecule has 2 aromatic carbocycles. The van der Waals surface area contributed by atoms with Crippen LogP contribution in [0.3, 0.4) is 0 Å². The molecule has 0 radical (unpaired) electrons. The number of rotatable bonds is 9. The molecule has 0 unspecified atom stereocenters. The molecule has 1 fully saturated rings. The fourth-order valence-corrected chi connectivity index (χ4v) is 4.91. The molecule has 10 heteroatoms. The third-order valence-corrected chi connectivity index (χ3v) is 7.14. The van der Waals surface area contributed by atoms with Gasteiger partial charge in [0, 0.05) is 36.6 Å². The van der Waals surface area contributed by atoms with Gasteiger partial charge in [0.25, 0.3) is 0 Å². The summed E-state index contributed by atoms with van der Waals surface area (Å²) in [5.74, 6) is -0.377. The molecular formula is C23H30N4O5S. The van der Waals surface area contributed by atoms with E-state index in [1.807, 2.05) is 26.0 Å². The number of carbonyl (C=O) groups excluding carboxylic acids is 2. The molecule has 178 valence electrons. The van der Waals surface area contributed by atoms with Gasteiger partial charge in [-0.05, 0) is 49.2 Å². The molecule has 2 amide bonds. The maximum Gasteiger partial charge on any atom is 0.243 e. The van der Waals surface area contributed by atoms with Crippen LogP contribution in [0.2, 0.25) is 0 Å². The highest BCUT2D eigenvalue weighted by atomic mass is 32.2. The summed E-state index contributed by atoms with van der Waals surface area (Å²) in [6, 6.07) is 11.7. The van der Waals surface area contributed by atoms with Crippen molar-refractivity contribution in [1.82, 2.24) is 4.31 Å². The Morgan fingerprint density at radius 1 is 1.00 bits per heavy atom. The number of hydrogen-bond donors (Lipinski definition) is 3. The Morgan fingerprint density at radius 3 is 2.42 bits per heavy atom. The molecule has 0 aliphatic carbocycles. The lowest BCUT2D eigenvalue weighted by molar-refractivity contribution is -0.116. The van der Waals surface area contributed by atoms with Crippen LogP contribution < -0.4 is 16.0 Å². The maximum atomic E-state index is 12.8. The summed E-state index contributed by atoms with van der Waals surface area (Å²) in [7, 11) is -3.65. The molecule has 3 N–H and O–H groups in total. The van der Waals surface area contributed by atoms with Crippen molar-refractivity contribution >= 4 is 38.9 Å². The predicted molar refractivity (Wildman–Crippen MR) is 128 cm³/mol. The van der Waals surface area contributed by atoms with Gasteiger partial charge in [-0.15, -0.1) is 0 Å². The number of ether oxygens (including phenoxy) is 1.